The van der Waals surface area contributed by atoms with Gasteiger partial charge in [0.1, 0.15) is 0 Å². The summed E-state index contributed by atoms with van der Waals surface area (Å²) >= 11 is 0. The van der Waals surface area contributed by atoms with Crippen LogP contribution in [0.25, 0.3) is 5.69 Å². The molecule has 1 saturated carbocycles. The Bertz CT molecular complexity index is 528. The van der Waals surface area contributed by atoms with Gasteiger partial charge in [0.05, 0.1) is 17.4 Å². The summed E-state index contributed by atoms with van der Waals surface area (Å²) in [6.45, 7) is 3.28. The molecular weight excluding hydrogens is 246 g/mol. The van der Waals surface area contributed by atoms with Gasteiger partial charge in [0, 0.05) is 6.20 Å². The van der Waals surface area contributed by atoms with Gasteiger partial charge in [-0.25, -0.2) is 4.68 Å². The molecule has 0 spiro atoms. The summed E-state index contributed by atoms with van der Waals surface area (Å²) in [5.41, 5.74) is 2.30. The molecule has 1 aromatic carbocycles. The van der Waals surface area contributed by atoms with Gasteiger partial charge < -0.3 is 5.32 Å². The molecule has 1 aromatic heterocycles. The number of para-hydroxylation sites is 1. The molecule has 20 heavy (non-hydrogen) atoms. The molecule has 1 unspecified atom stereocenters. The molecule has 2 aromatic rings. The topological polar surface area (TPSA) is 29.9 Å². The van der Waals surface area contributed by atoms with E-state index in [1.165, 1.54) is 31.4 Å². The van der Waals surface area contributed by atoms with Crippen molar-refractivity contribution in [2.24, 2.45) is 5.92 Å². The number of benzene rings is 1. The zero-order chi connectivity index (χ0) is 13.8. The van der Waals surface area contributed by atoms with Crippen LogP contribution in [0.5, 0.6) is 0 Å². The number of hydrogen-bond acceptors (Lipinski definition) is 2. The van der Waals surface area contributed by atoms with Gasteiger partial charge in [-0.3, -0.25) is 0 Å². The SMILES string of the molecule is CCCNC(CC1CC1)c1ccn(-c2ccccc2)n1. The first-order valence-corrected chi connectivity index (χ1v) is 7.71. The van der Waals surface area contributed by atoms with Gasteiger partial charge in [0.2, 0.25) is 0 Å². The fourth-order valence-electron chi connectivity index (χ4n) is 2.56. The van der Waals surface area contributed by atoms with Crippen LogP contribution in [-0.2, 0) is 0 Å². The van der Waals surface area contributed by atoms with Crippen LogP contribution in [0.15, 0.2) is 42.6 Å². The van der Waals surface area contributed by atoms with Gasteiger partial charge in [-0.2, -0.15) is 5.10 Å². The van der Waals surface area contributed by atoms with Crippen molar-refractivity contribution >= 4 is 0 Å². The summed E-state index contributed by atoms with van der Waals surface area (Å²) in [7, 11) is 0. The molecule has 0 radical (unpaired) electrons. The Morgan fingerprint density at radius 3 is 2.75 bits per heavy atom. The minimum Gasteiger partial charge on any atom is -0.309 e. The summed E-state index contributed by atoms with van der Waals surface area (Å²) in [5, 5.41) is 8.41. The second-order valence-electron chi connectivity index (χ2n) is 5.71. The highest BCUT2D eigenvalue weighted by atomic mass is 15.3. The lowest BCUT2D eigenvalue weighted by Crippen LogP contribution is -2.23. The van der Waals surface area contributed by atoms with Gasteiger partial charge >= 0.3 is 0 Å². The van der Waals surface area contributed by atoms with E-state index in [2.05, 4.69) is 36.6 Å². The van der Waals surface area contributed by atoms with E-state index >= 15 is 0 Å². The zero-order valence-corrected chi connectivity index (χ0v) is 12.1. The van der Waals surface area contributed by atoms with Crippen LogP contribution >= 0.6 is 0 Å². The third-order valence-electron chi connectivity index (χ3n) is 3.89. The molecule has 3 rings (SSSR count). The van der Waals surface area contributed by atoms with Crippen LogP contribution in [0.3, 0.4) is 0 Å². The fraction of sp³-hybridized carbons (Fsp3) is 0.471. The van der Waals surface area contributed by atoms with Crippen molar-refractivity contribution in [2.75, 3.05) is 6.54 Å². The zero-order valence-electron chi connectivity index (χ0n) is 12.1. The monoisotopic (exact) mass is 269 g/mol. The maximum Gasteiger partial charge on any atom is 0.0798 e. The number of hydrogen-bond donors (Lipinski definition) is 1. The van der Waals surface area contributed by atoms with Crippen LogP contribution in [0.2, 0.25) is 0 Å². The average Bonchev–Trinajstić information content (AvgIpc) is 3.18. The molecule has 0 bridgehead atoms. The van der Waals surface area contributed by atoms with E-state index in [4.69, 9.17) is 5.10 Å². The lowest BCUT2D eigenvalue weighted by atomic mass is 10.1. The maximum absolute atomic E-state index is 4.77. The molecule has 3 nitrogen and oxygen atoms in total. The van der Waals surface area contributed by atoms with E-state index in [0.29, 0.717) is 6.04 Å². The molecule has 3 heteroatoms. The third-order valence-corrected chi connectivity index (χ3v) is 3.89. The maximum atomic E-state index is 4.77. The van der Waals surface area contributed by atoms with Crippen LogP contribution in [0, 0.1) is 5.92 Å². The van der Waals surface area contributed by atoms with E-state index in [1.807, 2.05) is 22.9 Å². The highest BCUT2D eigenvalue weighted by molar-refractivity contribution is 5.30. The molecular formula is C17H23N3. The van der Waals surface area contributed by atoms with Crippen molar-refractivity contribution in [1.29, 1.82) is 0 Å². The molecule has 1 heterocycles. The number of nitrogens with zero attached hydrogens (tertiary/aromatic N) is 2. The third kappa shape index (κ3) is 3.28. The summed E-state index contributed by atoms with van der Waals surface area (Å²) < 4.78 is 1.98. The Balaban J connectivity index is 1.75. The van der Waals surface area contributed by atoms with Crippen LogP contribution in [0.1, 0.15) is 44.3 Å². The Morgan fingerprint density at radius 1 is 1.25 bits per heavy atom. The van der Waals surface area contributed by atoms with Crippen molar-refractivity contribution in [1.82, 2.24) is 15.1 Å². The van der Waals surface area contributed by atoms with E-state index in [1.54, 1.807) is 0 Å². The second-order valence-corrected chi connectivity index (χ2v) is 5.71. The summed E-state index contributed by atoms with van der Waals surface area (Å²) in [6.07, 6.45) is 7.25. The molecule has 1 N–H and O–H groups in total. The quantitative estimate of drug-likeness (QED) is 0.830. The first-order valence-electron chi connectivity index (χ1n) is 7.71. The van der Waals surface area contributed by atoms with Gasteiger partial charge in [-0.15, -0.1) is 0 Å². The van der Waals surface area contributed by atoms with E-state index < -0.39 is 0 Å². The minimum atomic E-state index is 0.410. The first-order chi connectivity index (χ1) is 9.86. The van der Waals surface area contributed by atoms with Crippen LogP contribution in [-0.4, -0.2) is 16.3 Å². The van der Waals surface area contributed by atoms with Gasteiger partial charge in [-0.05, 0) is 43.5 Å². The van der Waals surface area contributed by atoms with E-state index in [-0.39, 0.29) is 0 Å². The highest BCUT2D eigenvalue weighted by Crippen LogP contribution is 2.37. The predicted octanol–water partition coefficient (Wildman–Crippen LogP) is 3.71. The van der Waals surface area contributed by atoms with E-state index in [0.717, 1.165) is 18.2 Å². The molecule has 1 aliphatic rings. The van der Waals surface area contributed by atoms with Crippen molar-refractivity contribution in [3.63, 3.8) is 0 Å². The van der Waals surface area contributed by atoms with Crippen molar-refractivity contribution in [3.05, 3.63) is 48.3 Å². The van der Waals surface area contributed by atoms with Gasteiger partial charge in [0.15, 0.2) is 0 Å². The fourth-order valence-corrected chi connectivity index (χ4v) is 2.56. The average molecular weight is 269 g/mol. The van der Waals surface area contributed by atoms with Crippen molar-refractivity contribution in [2.45, 2.75) is 38.6 Å². The minimum absolute atomic E-state index is 0.410. The smallest absolute Gasteiger partial charge is 0.0798 e. The van der Waals surface area contributed by atoms with Crippen LogP contribution < -0.4 is 5.32 Å². The standard InChI is InChI=1S/C17H23N3/c1-2-11-18-17(13-14-8-9-14)16-10-12-20(19-16)15-6-4-3-5-7-15/h3-7,10,12,14,17-18H,2,8-9,11,13H2,1H3. The second kappa shape index (κ2) is 6.23. The van der Waals surface area contributed by atoms with E-state index in [9.17, 15) is 0 Å². The Labute approximate surface area is 121 Å². The molecule has 0 saturated heterocycles. The number of rotatable bonds is 7. The molecule has 1 atom stereocenters. The lowest BCUT2D eigenvalue weighted by Gasteiger charge is -2.16. The normalized spacial score (nSPS) is 16.2. The van der Waals surface area contributed by atoms with Crippen molar-refractivity contribution < 1.29 is 0 Å². The summed E-state index contributed by atoms with van der Waals surface area (Å²) in [5.74, 6) is 0.909. The molecule has 0 aliphatic heterocycles. The van der Waals surface area contributed by atoms with Crippen molar-refractivity contribution in [3.8, 4) is 5.69 Å². The molecule has 106 valence electrons. The molecule has 1 fully saturated rings. The van der Waals surface area contributed by atoms with Gasteiger partial charge in [-0.1, -0.05) is 38.0 Å². The Morgan fingerprint density at radius 2 is 2.05 bits per heavy atom. The Hall–Kier alpha value is -1.61. The molecule has 0 amide bonds. The molecule has 1 aliphatic carbocycles. The summed E-state index contributed by atoms with van der Waals surface area (Å²) in [6, 6.07) is 12.9. The first kappa shape index (κ1) is 13.4. The highest BCUT2D eigenvalue weighted by Gasteiger charge is 2.27. The van der Waals surface area contributed by atoms with Crippen LogP contribution in [0.4, 0.5) is 0 Å². The predicted molar refractivity (Wildman–Crippen MR) is 81.9 cm³/mol. The summed E-state index contributed by atoms with van der Waals surface area (Å²) in [4.78, 5) is 0. The van der Waals surface area contributed by atoms with Gasteiger partial charge in [0.25, 0.3) is 0 Å². The Kier molecular flexibility index (Phi) is 4.16. The lowest BCUT2D eigenvalue weighted by molar-refractivity contribution is 0.462. The largest absolute Gasteiger partial charge is 0.309 e. The number of aromatic nitrogens is 2. The number of nitrogens with one attached hydrogen (secondary N) is 1.